The van der Waals surface area contributed by atoms with Gasteiger partial charge in [0.2, 0.25) is 5.91 Å². The van der Waals surface area contributed by atoms with Crippen molar-refractivity contribution in [1.29, 1.82) is 0 Å². The van der Waals surface area contributed by atoms with Gasteiger partial charge in [0.05, 0.1) is 13.3 Å². The number of hydrogen-bond acceptors (Lipinski definition) is 4. The molecule has 0 N–H and O–H groups in total. The maximum atomic E-state index is 12.5. The third kappa shape index (κ3) is 4.03. The Kier molecular flexibility index (Phi) is 5.41. The predicted octanol–water partition coefficient (Wildman–Crippen LogP) is 3.93. The van der Waals surface area contributed by atoms with Gasteiger partial charge in [-0.05, 0) is 43.0 Å². The molecule has 1 aromatic carbocycles. The van der Waals surface area contributed by atoms with E-state index in [9.17, 15) is 4.79 Å². The van der Waals surface area contributed by atoms with Crippen molar-refractivity contribution >= 4 is 5.91 Å². The first kappa shape index (κ1) is 17.5. The first-order chi connectivity index (χ1) is 12.1. The smallest absolute Gasteiger partial charge is 0.223 e. The minimum Gasteiger partial charge on any atom is -0.497 e. The zero-order chi connectivity index (χ0) is 17.8. The zero-order valence-electron chi connectivity index (χ0n) is 15.2. The Morgan fingerprint density at radius 1 is 1.36 bits per heavy atom. The zero-order valence-corrected chi connectivity index (χ0v) is 15.2. The quantitative estimate of drug-likeness (QED) is 0.798. The van der Waals surface area contributed by atoms with E-state index in [4.69, 9.17) is 9.15 Å². The van der Waals surface area contributed by atoms with Crippen LogP contribution in [0.1, 0.15) is 39.0 Å². The molecular weight excluding hydrogens is 316 g/mol. The maximum Gasteiger partial charge on any atom is 0.223 e. The maximum absolute atomic E-state index is 12.5. The van der Waals surface area contributed by atoms with E-state index in [0.29, 0.717) is 36.5 Å². The van der Waals surface area contributed by atoms with Crippen molar-refractivity contribution in [2.75, 3.05) is 13.7 Å². The highest BCUT2D eigenvalue weighted by molar-refractivity contribution is 5.77. The molecule has 0 spiro atoms. The van der Waals surface area contributed by atoms with Crippen LogP contribution in [-0.4, -0.2) is 35.5 Å². The van der Waals surface area contributed by atoms with Crippen molar-refractivity contribution in [3.05, 3.63) is 36.4 Å². The molecule has 3 rings (SSSR count). The first-order valence-corrected chi connectivity index (χ1v) is 8.97. The third-order valence-corrected chi connectivity index (χ3v) is 4.87. The van der Waals surface area contributed by atoms with Gasteiger partial charge in [-0.15, -0.1) is 0 Å². The molecule has 0 saturated carbocycles. The lowest BCUT2D eigenvalue weighted by Gasteiger charge is -2.27. The Labute approximate surface area is 149 Å². The Balaban J connectivity index is 1.59. The molecule has 2 aromatic rings. The summed E-state index contributed by atoms with van der Waals surface area (Å²) in [6.45, 7) is 5.25. The molecule has 1 unspecified atom stereocenters. The number of rotatable bonds is 6. The average Bonchev–Trinajstić information content (AvgIpc) is 3.29. The van der Waals surface area contributed by atoms with Gasteiger partial charge in [0.1, 0.15) is 5.75 Å². The van der Waals surface area contributed by atoms with Gasteiger partial charge in [-0.25, -0.2) is 4.98 Å². The van der Waals surface area contributed by atoms with Gasteiger partial charge in [0, 0.05) is 31.0 Å². The molecule has 5 heteroatoms. The summed E-state index contributed by atoms with van der Waals surface area (Å²) < 4.78 is 11.0. The number of ether oxygens (including phenoxy) is 1. The lowest BCUT2D eigenvalue weighted by Crippen LogP contribution is -2.38. The highest BCUT2D eigenvalue weighted by Gasteiger charge is 2.30. The number of oxazole rings is 1. The summed E-state index contributed by atoms with van der Waals surface area (Å²) in [4.78, 5) is 18.9. The molecule has 1 fully saturated rings. The van der Waals surface area contributed by atoms with E-state index in [1.807, 2.05) is 29.2 Å². The number of amides is 1. The number of hydrogen-bond donors (Lipinski definition) is 0. The van der Waals surface area contributed by atoms with Crippen molar-refractivity contribution in [3.8, 4) is 17.1 Å². The first-order valence-electron chi connectivity index (χ1n) is 8.97. The van der Waals surface area contributed by atoms with Gasteiger partial charge < -0.3 is 14.1 Å². The third-order valence-electron chi connectivity index (χ3n) is 4.87. The minimum absolute atomic E-state index is 0.209. The van der Waals surface area contributed by atoms with E-state index in [0.717, 1.165) is 30.7 Å². The highest BCUT2D eigenvalue weighted by Crippen LogP contribution is 2.26. The normalized spacial score (nSPS) is 17.3. The number of carbonyl (C=O) groups excluding carboxylic acids is 1. The van der Waals surface area contributed by atoms with E-state index in [1.165, 1.54) is 0 Å². The van der Waals surface area contributed by atoms with Crippen molar-refractivity contribution < 1.29 is 13.9 Å². The molecular formula is C20H26N2O3. The van der Waals surface area contributed by atoms with Crippen molar-refractivity contribution in [2.24, 2.45) is 5.92 Å². The van der Waals surface area contributed by atoms with Crippen LogP contribution in [0.25, 0.3) is 11.3 Å². The van der Waals surface area contributed by atoms with Crippen LogP contribution in [0.5, 0.6) is 5.75 Å². The SMILES string of the molecule is COc1ccc(-c2cnc(CCC(=O)N3CCCC3C(C)C)o2)cc1. The van der Waals surface area contributed by atoms with Crippen LogP contribution < -0.4 is 4.74 Å². The fourth-order valence-corrected chi connectivity index (χ4v) is 3.47. The van der Waals surface area contributed by atoms with Crippen LogP contribution in [0.2, 0.25) is 0 Å². The van der Waals surface area contributed by atoms with Crippen molar-refractivity contribution in [2.45, 2.75) is 45.6 Å². The standard InChI is InChI=1S/C20H26N2O3/c1-14(2)17-5-4-12-22(17)20(23)11-10-19-21-13-18(25-19)15-6-8-16(24-3)9-7-15/h6-9,13-14,17H,4-5,10-12H2,1-3H3. The van der Waals surface area contributed by atoms with Crippen molar-refractivity contribution in [1.82, 2.24) is 9.88 Å². The molecule has 1 amide bonds. The van der Waals surface area contributed by atoms with E-state index >= 15 is 0 Å². The topological polar surface area (TPSA) is 55.6 Å². The summed E-state index contributed by atoms with van der Waals surface area (Å²) in [6, 6.07) is 8.03. The lowest BCUT2D eigenvalue weighted by atomic mass is 10.0. The van der Waals surface area contributed by atoms with Gasteiger partial charge in [-0.1, -0.05) is 13.8 Å². The van der Waals surface area contributed by atoms with E-state index < -0.39 is 0 Å². The number of methoxy groups -OCH3 is 1. The van der Waals surface area contributed by atoms with Crippen LogP contribution in [0.4, 0.5) is 0 Å². The molecule has 0 bridgehead atoms. The summed E-state index contributed by atoms with van der Waals surface area (Å²) in [5.74, 6) is 2.85. The van der Waals surface area contributed by atoms with Gasteiger partial charge in [-0.2, -0.15) is 0 Å². The Bertz CT molecular complexity index is 706. The monoisotopic (exact) mass is 342 g/mol. The summed E-state index contributed by atoms with van der Waals surface area (Å²) >= 11 is 0. The number of aryl methyl sites for hydroxylation is 1. The van der Waals surface area contributed by atoms with Gasteiger partial charge in [0.25, 0.3) is 0 Å². The molecule has 0 aliphatic carbocycles. The summed E-state index contributed by atoms with van der Waals surface area (Å²) in [5.41, 5.74) is 0.949. The molecule has 5 nitrogen and oxygen atoms in total. The number of carbonyl (C=O) groups is 1. The molecule has 1 atom stereocenters. The largest absolute Gasteiger partial charge is 0.497 e. The van der Waals surface area contributed by atoms with Crippen LogP contribution >= 0.6 is 0 Å². The molecule has 0 radical (unpaired) electrons. The van der Waals surface area contributed by atoms with E-state index in [1.54, 1.807) is 13.3 Å². The van der Waals surface area contributed by atoms with Crippen LogP contribution in [0, 0.1) is 5.92 Å². The van der Waals surface area contributed by atoms with Crippen LogP contribution in [0.3, 0.4) is 0 Å². The van der Waals surface area contributed by atoms with E-state index in [2.05, 4.69) is 18.8 Å². The second-order valence-electron chi connectivity index (χ2n) is 6.89. The highest BCUT2D eigenvalue weighted by atomic mass is 16.5. The molecule has 1 saturated heterocycles. The molecule has 1 aliphatic rings. The predicted molar refractivity (Wildman–Crippen MR) is 96.4 cm³/mol. The van der Waals surface area contributed by atoms with Gasteiger partial charge >= 0.3 is 0 Å². The number of aromatic nitrogens is 1. The second kappa shape index (κ2) is 7.72. The van der Waals surface area contributed by atoms with E-state index in [-0.39, 0.29) is 5.91 Å². The number of benzene rings is 1. The minimum atomic E-state index is 0.209. The average molecular weight is 342 g/mol. The number of nitrogens with zero attached hydrogens (tertiary/aromatic N) is 2. The lowest BCUT2D eigenvalue weighted by molar-refractivity contribution is -0.132. The summed E-state index contributed by atoms with van der Waals surface area (Å²) in [5, 5.41) is 0. The van der Waals surface area contributed by atoms with Gasteiger partial charge in [0.15, 0.2) is 11.7 Å². The second-order valence-corrected chi connectivity index (χ2v) is 6.89. The fourth-order valence-electron chi connectivity index (χ4n) is 3.47. The van der Waals surface area contributed by atoms with Gasteiger partial charge in [-0.3, -0.25) is 4.79 Å². The fraction of sp³-hybridized carbons (Fsp3) is 0.500. The van der Waals surface area contributed by atoms with Crippen LogP contribution in [-0.2, 0) is 11.2 Å². The Morgan fingerprint density at radius 3 is 2.80 bits per heavy atom. The molecule has 1 aliphatic heterocycles. The Morgan fingerprint density at radius 2 is 2.12 bits per heavy atom. The number of likely N-dealkylation sites (tertiary alicyclic amines) is 1. The molecule has 2 heterocycles. The summed E-state index contributed by atoms with van der Waals surface area (Å²) in [6.07, 6.45) is 4.93. The summed E-state index contributed by atoms with van der Waals surface area (Å²) in [7, 11) is 1.64. The molecule has 134 valence electrons. The Hall–Kier alpha value is -2.30. The van der Waals surface area contributed by atoms with Crippen LogP contribution in [0.15, 0.2) is 34.9 Å². The molecule has 25 heavy (non-hydrogen) atoms. The van der Waals surface area contributed by atoms with Crippen molar-refractivity contribution in [3.63, 3.8) is 0 Å². The molecule has 1 aromatic heterocycles.